The van der Waals surface area contributed by atoms with Gasteiger partial charge in [-0.2, -0.15) is 0 Å². The van der Waals surface area contributed by atoms with Gasteiger partial charge in [-0.15, -0.1) is 0 Å². The highest BCUT2D eigenvalue weighted by Crippen LogP contribution is 2.50. The van der Waals surface area contributed by atoms with Crippen LogP contribution in [0, 0.1) is 0 Å². The topological polar surface area (TPSA) is 20.3 Å². The van der Waals surface area contributed by atoms with Gasteiger partial charge in [0.15, 0.2) is 0 Å². The minimum Gasteiger partial charge on any atom is -0.302 e. The van der Waals surface area contributed by atoms with Crippen LogP contribution >= 0.6 is 23.2 Å². The highest BCUT2D eigenvalue weighted by Gasteiger charge is 2.47. The van der Waals surface area contributed by atoms with Gasteiger partial charge in [0.2, 0.25) is 0 Å². The normalized spacial score (nSPS) is 20.2. The molecule has 0 radical (unpaired) electrons. The Morgan fingerprint density at radius 2 is 1.52 bits per heavy atom. The zero-order chi connectivity index (χ0) is 20.8. The van der Waals surface area contributed by atoms with Gasteiger partial charge >= 0.3 is 0 Å². The number of carbonyl (C=O) groups excluding carboxylic acids is 1. The Balaban J connectivity index is 1.88. The number of anilines is 1. The predicted molar refractivity (Wildman–Crippen MR) is 121 cm³/mol. The van der Waals surface area contributed by atoms with Crippen LogP contribution in [0.2, 0.25) is 10.0 Å². The highest BCUT2D eigenvalue weighted by atomic mass is 35.5. The van der Waals surface area contributed by atoms with Crippen molar-refractivity contribution >= 4 is 34.8 Å². The highest BCUT2D eigenvalue weighted by molar-refractivity contribution is 6.42. The third kappa shape index (κ3) is 3.35. The van der Waals surface area contributed by atoms with E-state index < -0.39 is 5.54 Å². The lowest BCUT2D eigenvalue weighted by molar-refractivity contribution is 0.0948. The molecule has 1 atom stereocenters. The van der Waals surface area contributed by atoms with Crippen molar-refractivity contribution < 1.29 is 4.79 Å². The van der Waals surface area contributed by atoms with Gasteiger partial charge in [-0.05, 0) is 55.7 Å². The molecule has 1 aliphatic rings. The molecule has 0 aliphatic carbocycles. The van der Waals surface area contributed by atoms with E-state index in [4.69, 9.17) is 23.2 Å². The Labute approximate surface area is 182 Å². The number of rotatable bonds is 2. The zero-order valence-electron chi connectivity index (χ0n) is 16.7. The van der Waals surface area contributed by atoms with Crippen LogP contribution in [0.4, 0.5) is 5.69 Å². The van der Waals surface area contributed by atoms with Crippen molar-refractivity contribution in [3.8, 4) is 0 Å². The van der Waals surface area contributed by atoms with E-state index in [9.17, 15) is 4.79 Å². The number of fused-ring (bicyclic) bond motifs is 1. The first kappa shape index (κ1) is 20.0. The summed E-state index contributed by atoms with van der Waals surface area (Å²) < 4.78 is 0. The van der Waals surface area contributed by atoms with E-state index in [2.05, 4.69) is 51.1 Å². The van der Waals surface area contributed by atoms with Gasteiger partial charge in [0.05, 0.1) is 10.0 Å². The molecule has 0 aromatic heterocycles. The molecule has 2 nitrogen and oxygen atoms in total. The maximum Gasteiger partial charge on any atom is 0.258 e. The maximum absolute atomic E-state index is 13.6. The fourth-order valence-electron chi connectivity index (χ4n) is 4.71. The molecule has 1 amide bonds. The van der Waals surface area contributed by atoms with Crippen LogP contribution in [0.1, 0.15) is 48.7 Å². The summed E-state index contributed by atoms with van der Waals surface area (Å²) >= 11 is 12.2. The van der Waals surface area contributed by atoms with Crippen LogP contribution in [0.25, 0.3) is 0 Å². The molecule has 0 N–H and O–H groups in total. The van der Waals surface area contributed by atoms with Gasteiger partial charge < -0.3 is 4.90 Å². The quantitative estimate of drug-likeness (QED) is 0.429. The van der Waals surface area contributed by atoms with Crippen molar-refractivity contribution in [3.63, 3.8) is 0 Å². The van der Waals surface area contributed by atoms with Crippen molar-refractivity contribution in [2.75, 3.05) is 4.90 Å². The molecular formula is C25H23Cl2NO. The Hall–Kier alpha value is -2.29. The lowest BCUT2D eigenvalue weighted by atomic mass is 9.65. The molecule has 4 heteroatoms. The summed E-state index contributed by atoms with van der Waals surface area (Å²) in [5.74, 6) is -0.0730. The van der Waals surface area contributed by atoms with Crippen LogP contribution < -0.4 is 4.90 Å². The second-order valence-electron chi connectivity index (χ2n) is 8.47. The lowest BCUT2D eigenvalue weighted by Crippen LogP contribution is -2.55. The molecule has 3 aromatic carbocycles. The number of hydrogen-bond donors (Lipinski definition) is 0. The molecule has 0 saturated carbocycles. The Morgan fingerprint density at radius 1 is 0.862 bits per heavy atom. The number of amides is 1. The van der Waals surface area contributed by atoms with Crippen LogP contribution in [0.5, 0.6) is 0 Å². The van der Waals surface area contributed by atoms with Crippen LogP contribution in [0.15, 0.2) is 72.8 Å². The molecule has 0 unspecified atom stereocenters. The number of nitrogens with zero attached hydrogens (tertiary/aromatic N) is 1. The standard InChI is InChI=1S/C25H23Cl2NO/c1-24(2)16-25(3,18-9-5-4-6-10-18)19-11-7-8-12-22(19)28(24)23(29)17-13-14-20(26)21(27)15-17/h4-15H,16H2,1-3H3/t25-/m0/s1. The maximum atomic E-state index is 13.6. The van der Waals surface area contributed by atoms with Gasteiger partial charge in [-0.25, -0.2) is 0 Å². The number of benzene rings is 3. The van der Waals surface area contributed by atoms with Crippen molar-refractivity contribution in [3.05, 3.63) is 99.5 Å². The minimum absolute atomic E-state index is 0.0730. The molecule has 0 fully saturated rings. The summed E-state index contributed by atoms with van der Waals surface area (Å²) in [6.45, 7) is 6.52. The first-order chi connectivity index (χ1) is 13.7. The zero-order valence-corrected chi connectivity index (χ0v) is 18.3. The van der Waals surface area contributed by atoms with Gasteiger partial charge in [0, 0.05) is 22.2 Å². The van der Waals surface area contributed by atoms with Crippen molar-refractivity contribution in [2.24, 2.45) is 0 Å². The van der Waals surface area contributed by atoms with Crippen LogP contribution in [-0.2, 0) is 5.41 Å². The fourth-order valence-corrected chi connectivity index (χ4v) is 5.01. The molecule has 0 saturated heterocycles. The summed E-state index contributed by atoms with van der Waals surface area (Å²) in [5, 5.41) is 0.827. The summed E-state index contributed by atoms with van der Waals surface area (Å²) in [6.07, 6.45) is 0.800. The molecule has 4 rings (SSSR count). The molecule has 148 valence electrons. The summed E-state index contributed by atoms with van der Waals surface area (Å²) in [5.41, 5.74) is 3.27. The van der Waals surface area contributed by atoms with E-state index in [0.29, 0.717) is 15.6 Å². The van der Waals surface area contributed by atoms with Crippen LogP contribution in [0.3, 0.4) is 0 Å². The molecule has 0 spiro atoms. The van der Waals surface area contributed by atoms with E-state index in [1.807, 2.05) is 29.2 Å². The minimum atomic E-state index is -0.401. The summed E-state index contributed by atoms with van der Waals surface area (Å²) in [6, 6.07) is 23.8. The molecule has 0 bridgehead atoms. The van der Waals surface area contributed by atoms with E-state index >= 15 is 0 Å². The van der Waals surface area contributed by atoms with Crippen molar-refractivity contribution in [2.45, 2.75) is 38.1 Å². The van der Waals surface area contributed by atoms with Crippen molar-refractivity contribution in [1.82, 2.24) is 0 Å². The number of hydrogen-bond acceptors (Lipinski definition) is 1. The lowest BCUT2D eigenvalue weighted by Gasteiger charge is -2.51. The third-order valence-corrected chi connectivity index (χ3v) is 6.65. The van der Waals surface area contributed by atoms with E-state index in [-0.39, 0.29) is 11.3 Å². The van der Waals surface area contributed by atoms with Gasteiger partial charge in [0.25, 0.3) is 5.91 Å². The molecular weight excluding hydrogens is 401 g/mol. The second-order valence-corrected chi connectivity index (χ2v) is 9.29. The van der Waals surface area contributed by atoms with Crippen LogP contribution in [-0.4, -0.2) is 11.4 Å². The third-order valence-electron chi connectivity index (χ3n) is 5.91. The number of para-hydroxylation sites is 1. The van der Waals surface area contributed by atoms with Gasteiger partial charge in [-0.3, -0.25) is 4.79 Å². The summed E-state index contributed by atoms with van der Waals surface area (Å²) in [4.78, 5) is 15.5. The molecule has 1 heterocycles. The average Bonchev–Trinajstić information content (AvgIpc) is 2.70. The van der Waals surface area contributed by atoms with Gasteiger partial charge in [-0.1, -0.05) is 78.7 Å². The smallest absolute Gasteiger partial charge is 0.258 e. The van der Waals surface area contributed by atoms with E-state index in [1.165, 1.54) is 5.56 Å². The Morgan fingerprint density at radius 3 is 2.21 bits per heavy atom. The molecule has 1 aliphatic heterocycles. The monoisotopic (exact) mass is 423 g/mol. The largest absolute Gasteiger partial charge is 0.302 e. The predicted octanol–water partition coefficient (Wildman–Crippen LogP) is 7.13. The first-order valence-electron chi connectivity index (χ1n) is 9.69. The second kappa shape index (κ2) is 7.19. The SMILES string of the molecule is CC1(C)C[C@@](C)(c2ccccc2)c2ccccc2N1C(=O)c1ccc(Cl)c(Cl)c1. The van der Waals surface area contributed by atoms with Gasteiger partial charge in [0.1, 0.15) is 0 Å². The molecule has 29 heavy (non-hydrogen) atoms. The number of carbonyl (C=O) groups is 1. The van der Waals surface area contributed by atoms with Crippen molar-refractivity contribution in [1.29, 1.82) is 0 Å². The van der Waals surface area contributed by atoms with E-state index in [1.54, 1.807) is 18.2 Å². The Kier molecular flexibility index (Phi) is 4.96. The average molecular weight is 424 g/mol. The first-order valence-corrected chi connectivity index (χ1v) is 10.4. The number of halogens is 2. The summed E-state index contributed by atoms with van der Waals surface area (Å²) in [7, 11) is 0. The Bertz CT molecular complexity index is 1080. The molecule has 3 aromatic rings. The fraction of sp³-hybridized carbons (Fsp3) is 0.240. The van der Waals surface area contributed by atoms with E-state index in [0.717, 1.165) is 17.7 Å².